The Bertz CT molecular complexity index is 1030. The molecule has 1 aliphatic carbocycles. The highest BCUT2D eigenvalue weighted by Crippen LogP contribution is 2.45. The van der Waals surface area contributed by atoms with E-state index in [0.717, 1.165) is 40.6 Å². The Morgan fingerprint density at radius 3 is 2.69 bits per heavy atom. The smallest absolute Gasteiger partial charge is 0.315 e. The molecule has 4 heteroatoms. The van der Waals surface area contributed by atoms with Gasteiger partial charge in [0.15, 0.2) is 5.78 Å². The number of Topliss-reactive ketones (excluding diaryl/α,β-unsaturated/α-hetero) is 1. The van der Waals surface area contributed by atoms with Crippen LogP contribution in [0.5, 0.6) is 0 Å². The fourth-order valence-corrected chi connectivity index (χ4v) is 4.51. The first kappa shape index (κ1) is 19.6. The van der Waals surface area contributed by atoms with E-state index in [4.69, 9.17) is 9.73 Å². The van der Waals surface area contributed by atoms with Gasteiger partial charge in [0.25, 0.3) is 0 Å². The zero-order chi connectivity index (χ0) is 20.5. The van der Waals surface area contributed by atoms with Gasteiger partial charge in [0.2, 0.25) is 0 Å². The average Bonchev–Trinajstić information content (AvgIpc) is 2.71. The van der Waals surface area contributed by atoms with Gasteiger partial charge in [-0.2, -0.15) is 0 Å². The minimum absolute atomic E-state index is 0.113. The maximum Gasteiger partial charge on any atom is 0.315 e. The summed E-state index contributed by atoms with van der Waals surface area (Å²) in [5, 5.41) is 2.17. The van der Waals surface area contributed by atoms with E-state index in [0.29, 0.717) is 18.6 Å². The van der Waals surface area contributed by atoms with Crippen molar-refractivity contribution >= 4 is 28.2 Å². The van der Waals surface area contributed by atoms with E-state index < -0.39 is 5.92 Å². The van der Waals surface area contributed by atoms with Crippen molar-refractivity contribution in [3.63, 3.8) is 0 Å². The zero-order valence-electron chi connectivity index (χ0n) is 17.3. The molecular weight excluding hydrogens is 362 g/mol. The summed E-state index contributed by atoms with van der Waals surface area (Å²) in [5.74, 6) is -0.840. The molecule has 0 N–H and O–H groups in total. The molecule has 0 spiro atoms. The van der Waals surface area contributed by atoms with Gasteiger partial charge in [-0.05, 0) is 42.0 Å². The molecule has 0 radical (unpaired) electrons. The van der Waals surface area contributed by atoms with Gasteiger partial charge in [0.05, 0.1) is 6.61 Å². The molecule has 1 heterocycles. The van der Waals surface area contributed by atoms with Gasteiger partial charge in [-0.3, -0.25) is 14.6 Å². The Kier molecular flexibility index (Phi) is 5.35. The van der Waals surface area contributed by atoms with Crippen LogP contribution in [0.15, 0.2) is 58.7 Å². The highest BCUT2D eigenvalue weighted by molar-refractivity contribution is 6.09. The van der Waals surface area contributed by atoms with Crippen LogP contribution >= 0.6 is 0 Å². The number of rotatable bonds is 4. The molecule has 29 heavy (non-hydrogen) atoms. The predicted octanol–water partition coefficient (Wildman–Crippen LogP) is 5.22. The van der Waals surface area contributed by atoms with Gasteiger partial charge in [0, 0.05) is 29.3 Å². The van der Waals surface area contributed by atoms with Crippen LogP contribution in [0.2, 0.25) is 0 Å². The molecule has 4 nitrogen and oxygen atoms in total. The largest absolute Gasteiger partial charge is 0.465 e. The van der Waals surface area contributed by atoms with Crippen molar-refractivity contribution in [1.82, 2.24) is 0 Å². The maximum atomic E-state index is 13.2. The van der Waals surface area contributed by atoms with Crippen LogP contribution < -0.4 is 0 Å². The van der Waals surface area contributed by atoms with E-state index in [1.54, 1.807) is 0 Å². The third-order valence-electron chi connectivity index (χ3n) is 5.81. The average molecular weight is 389 g/mol. The van der Waals surface area contributed by atoms with Gasteiger partial charge < -0.3 is 4.74 Å². The molecule has 0 fully saturated rings. The first-order chi connectivity index (χ1) is 14.0. The minimum Gasteiger partial charge on any atom is -0.465 e. The van der Waals surface area contributed by atoms with Crippen LogP contribution in [0.4, 0.5) is 0 Å². The summed E-state index contributed by atoms with van der Waals surface area (Å²) >= 11 is 0. The van der Waals surface area contributed by atoms with Crippen LogP contribution in [0.25, 0.3) is 10.8 Å². The van der Waals surface area contributed by atoms with Crippen LogP contribution in [0, 0.1) is 11.8 Å². The molecule has 0 amide bonds. The van der Waals surface area contributed by atoms with Crippen LogP contribution in [-0.4, -0.2) is 24.1 Å². The molecule has 0 bridgehead atoms. The molecule has 0 saturated heterocycles. The third-order valence-corrected chi connectivity index (χ3v) is 5.81. The lowest BCUT2D eigenvalue weighted by Crippen LogP contribution is -2.37. The topological polar surface area (TPSA) is 55.7 Å². The lowest BCUT2D eigenvalue weighted by Gasteiger charge is -2.35. The number of allylic oxidation sites excluding steroid dienone is 2. The van der Waals surface area contributed by atoms with Gasteiger partial charge in [-0.15, -0.1) is 0 Å². The van der Waals surface area contributed by atoms with Crippen molar-refractivity contribution in [2.24, 2.45) is 16.8 Å². The Hall–Kier alpha value is -2.75. The molecule has 2 aromatic rings. The van der Waals surface area contributed by atoms with Crippen molar-refractivity contribution in [2.75, 3.05) is 6.61 Å². The molecule has 150 valence electrons. The highest BCUT2D eigenvalue weighted by Gasteiger charge is 2.43. The Morgan fingerprint density at radius 2 is 1.90 bits per heavy atom. The second-order valence-corrected chi connectivity index (χ2v) is 8.44. The molecule has 1 aliphatic heterocycles. The lowest BCUT2D eigenvalue weighted by molar-refractivity contribution is -0.147. The number of fused-ring (bicyclic) bond motifs is 1. The van der Waals surface area contributed by atoms with Crippen molar-refractivity contribution in [2.45, 2.75) is 46.0 Å². The molecule has 2 aromatic carbocycles. The normalized spacial score (nSPS) is 21.9. The van der Waals surface area contributed by atoms with Crippen LogP contribution in [-0.2, 0) is 14.3 Å². The van der Waals surface area contributed by atoms with E-state index in [9.17, 15) is 9.59 Å². The number of esters is 1. The quantitative estimate of drug-likeness (QED) is 0.674. The number of carbonyl (C=O) groups is 2. The molecule has 0 saturated carbocycles. The first-order valence-electron chi connectivity index (χ1n) is 10.4. The van der Waals surface area contributed by atoms with Crippen molar-refractivity contribution in [3.8, 4) is 0 Å². The van der Waals surface area contributed by atoms with Crippen LogP contribution in [0.3, 0.4) is 0 Å². The number of carbonyl (C=O) groups excluding carboxylic acids is 2. The van der Waals surface area contributed by atoms with E-state index in [2.05, 4.69) is 18.2 Å². The van der Waals surface area contributed by atoms with E-state index in [1.807, 2.05) is 45.0 Å². The zero-order valence-corrected chi connectivity index (χ0v) is 17.3. The summed E-state index contributed by atoms with van der Waals surface area (Å²) < 4.78 is 5.64. The summed E-state index contributed by atoms with van der Waals surface area (Å²) in [6, 6.07) is 14.2. The van der Waals surface area contributed by atoms with Gasteiger partial charge in [-0.25, -0.2) is 0 Å². The number of hydrogen-bond acceptors (Lipinski definition) is 4. The summed E-state index contributed by atoms with van der Waals surface area (Å²) in [6.07, 6.45) is 2.12. The molecule has 0 aromatic heterocycles. The van der Waals surface area contributed by atoms with Crippen LogP contribution in [0.1, 0.15) is 51.5 Å². The van der Waals surface area contributed by atoms with E-state index in [-0.39, 0.29) is 23.6 Å². The Morgan fingerprint density at radius 1 is 1.14 bits per heavy atom. The number of aliphatic imine (C=N–C) groups is 1. The Labute approximate surface area is 171 Å². The second-order valence-electron chi connectivity index (χ2n) is 8.44. The molecule has 4 rings (SSSR count). The molecular formula is C25H27NO3. The summed E-state index contributed by atoms with van der Waals surface area (Å²) in [6.45, 7) is 6.29. The van der Waals surface area contributed by atoms with E-state index >= 15 is 0 Å². The summed E-state index contributed by atoms with van der Waals surface area (Å²) in [5.41, 5.74) is 3.31. The second kappa shape index (κ2) is 7.94. The monoisotopic (exact) mass is 389 g/mol. The standard InChI is InChI=1S/C25H27NO3/c1-15(2)14-29-25(28)22-16(3)26-20-12-7-13-21(27)24(20)23(22)19-11-6-9-17-8-4-5-10-18(17)19/h4-6,8-11,15,22-23H,7,12-14H2,1-3H3/t22?,23-/m0/s1. The van der Waals surface area contributed by atoms with Gasteiger partial charge in [-0.1, -0.05) is 56.3 Å². The van der Waals surface area contributed by atoms with Gasteiger partial charge >= 0.3 is 5.97 Å². The number of ether oxygens (including phenoxy) is 1. The maximum absolute atomic E-state index is 13.2. The van der Waals surface area contributed by atoms with Crippen molar-refractivity contribution in [1.29, 1.82) is 0 Å². The number of hydrogen-bond donors (Lipinski definition) is 0. The molecule has 2 aliphatic rings. The summed E-state index contributed by atoms with van der Waals surface area (Å²) in [7, 11) is 0. The molecule has 1 unspecified atom stereocenters. The summed E-state index contributed by atoms with van der Waals surface area (Å²) in [4.78, 5) is 30.9. The van der Waals surface area contributed by atoms with Crippen molar-refractivity contribution < 1.29 is 14.3 Å². The lowest BCUT2D eigenvalue weighted by atomic mass is 9.71. The third kappa shape index (κ3) is 3.64. The Balaban J connectivity index is 1.88. The van der Waals surface area contributed by atoms with Gasteiger partial charge in [0.1, 0.15) is 5.92 Å². The SMILES string of the molecule is CC1=NC2=C(C(=O)CCC2)[C@@H](c2cccc3ccccc23)C1C(=O)OCC(C)C. The van der Waals surface area contributed by atoms with Crippen molar-refractivity contribution in [3.05, 3.63) is 59.3 Å². The minimum atomic E-state index is -0.569. The fraction of sp³-hybridized carbons (Fsp3) is 0.400. The van der Waals surface area contributed by atoms with E-state index in [1.165, 1.54) is 0 Å². The fourth-order valence-electron chi connectivity index (χ4n) is 4.51. The number of ketones is 1. The number of benzene rings is 2. The highest BCUT2D eigenvalue weighted by atomic mass is 16.5. The molecule has 2 atom stereocenters. The first-order valence-corrected chi connectivity index (χ1v) is 10.4. The predicted molar refractivity (Wildman–Crippen MR) is 115 cm³/mol. The number of nitrogens with zero attached hydrogens (tertiary/aromatic N) is 1.